The summed E-state index contributed by atoms with van der Waals surface area (Å²) < 4.78 is 34.1. The first-order valence-electron chi connectivity index (χ1n) is 8.36. The van der Waals surface area contributed by atoms with Crippen molar-refractivity contribution in [1.29, 1.82) is 10.8 Å². The van der Waals surface area contributed by atoms with Gasteiger partial charge in [0.1, 0.15) is 24.3 Å². The second kappa shape index (κ2) is 13.0. The number of nitro groups is 6. The lowest BCUT2D eigenvalue weighted by Crippen LogP contribution is -1.97. The molecule has 0 radical (unpaired) electrons. The molecule has 0 fully saturated rings. The number of nitrogens with zero attached hydrogens (tertiary/aromatic N) is 10. The topological polar surface area (TPSA) is 395 Å². The Hall–Kier alpha value is -6.45. The molecule has 0 atom stereocenters. The van der Waals surface area contributed by atoms with Crippen molar-refractivity contribution in [3.8, 4) is 0 Å². The van der Waals surface area contributed by atoms with Crippen LogP contribution in [0.15, 0.2) is 24.3 Å². The molecule has 204 valence electrons. The standard InChI is InChI=1S/2C6H2N5O6.H2O4S/c2*7-8-6-4(10(14)15)1-3(9(12)13)2-5(6)11(16)17;1-5(2,3)4/h2*1-2H;(H2,1,2,3,4)/q2*+1;/p-2. The lowest BCUT2D eigenvalue weighted by molar-refractivity contribution is -0.402. The van der Waals surface area contributed by atoms with Crippen molar-refractivity contribution in [3.63, 3.8) is 0 Å². The number of hydrogen-bond acceptors (Lipinski definition) is 18. The van der Waals surface area contributed by atoms with Gasteiger partial charge in [-0.2, -0.15) is 0 Å². The first-order valence-corrected chi connectivity index (χ1v) is 9.69. The third-order valence-corrected chi connectivity index (χ3v) is 3.52. The van der Waals surface area contributed by atoms with Gasteiger partial charge in [0.25, 0.3) is 11.4 Å². The van der Waals surface area contributed by atoms with E-state index in [4.69, 9.17) is 28.3 Å². The van der Waals surface area contributed by atoms with Crippen LogP contribution in [0.1, 0.15) is 0 Å². The zero-order valence-electron chi connectivity index (χ0n) is 17.7. The fourth-order valence-corrected chi connectivity index (χ4v) is 2.15. The first kappa shape index (κ1) is 32.6. The fourth-order valence-electron chi connectivity index (χ4n) is 2.15. The molecule has 0 unspecified atom stereocenters. The van der Waals surface area contributed by atoms with E-state index in [1.807, 2.05) is 0 Å². The summed E-state index contributed by atoms with van der Waals surface area (Å²) in [6.07, 6.45) is 0. The van der Waals surface area contributed by atoms with Crippen molar-refractivity contribution in [2.24, 2.45) is 0 Å². The van der Waals surface area contributed by atoms with E-state index < -0.39 is 85.4 Å². The van der Waals surface area contributed by atoms with Gasteiger partial charge in [-0.1, -0.05) is 0 Å². The molecule has 2 aromatic carbocycles. The van der Waals surface area contributed by atoms with Gasteiger partial charge >= 0.3 is 34.1 Å². The van der Waals surface area contributed by atoms with Crippen LogP contribution in [-0.2, 0) is 10.4 Å². The van der Waals surface area contributed by atoms with Gasteiger partial charge in [0.15, 0.2) is 9.95 Å². The molecule has 0 saturated heterocycles. The number of non-ortho nitro benzene ring substituents is 2. The molecule has 0 N–H and O–H groups in total. The molecule has 0 aliphatic heterocycles. The lowest BCUT2D eigenvalue weighted by Gasteiger charge is -2.06. The van der Waals surface area contributed by atoms with E-state index >= 15 is 0 Å². The molecule has 0 heterocycles. The van der Waals surface area contributed by atoms with Crippen LogP contribution in [0, 0.1) is 71.5 Å². The average molecular weight is 576 g/mol. The number of nitro benzene ring substituents is 6. The van der Waals surface area contributed by atoms with Crippen LogP contribution in [0.3, 0.4) is 0 Å². The van der Waals surface area contributed by atoms with E-state index in [1.54, 1.807) is 0 Å². The monoisotopic (exact) mass is 576 g/mol. The van der Waals surface area contributed by atoms with Crippen LogP contribution < -0.4 is 0 Å². The summed E-state index contributed by atoms with van der Waals surface area (Å²) in [6.45, 7) is 0. The summed E-state index contributed by atoms with van der Waals surface area (Å²) in [4.78, 5) is 61.2. The van der Waals surface area contributed by atoms with Gasteiger partial charge in [0.05, 0.1) is 29.5 Å². The van der Waals surface area contributed by atoms with Crippen LogP contribution in [0.25, 0.3) is 9.95 Å². The van der Waals surface area contributed by atoms with Gasteiger partial charge in [-0.05, 0) is 0 Å². The Morgan fingerprint density at radius 3 is 0.795 bits per heavy atom. The lowest BCUT2D eigenvalue weighted by atomic mass is 10.2. The van der Waals surface area contributed by atoms with E-state index in [1.165, 1.54) is 0 Å². The number of hydrogen-bond donors (Lipinski definition) is 0. The highest BCUT2D eigenvalue weighted by molar-refractivity contribution is 7.79. The van der Waals surface area contributed by atoms with Gasteiger partial charge in [-0.25, -0.2) is 0 Å². The number of benzene rings is 2. The Morgan fingerprint density at radius 1 is 0.513 bits per heavy atom. The largest absolute Gasteiger partial charge is 0.759 e. The fraction of sp³-hybridized carbons (Fsp3) is 0. The smallest absolute Gasteiger partial charge is 0.537 e. The highest BCUT2D eigenvalue weighted by Gasteiger charge is 2.41. The van der Waals surface area contributed by atoms with Crippen LogP contribution in [0.2, 0.25) is 0 Å². The molecular weight excluding hydrogens is 572 g/mol. The predicted octanol–water partition coefficient (Wildman–Crippen LogP) is 2.45. The van der Waals surface area contributed by atoms with Crippen molar-refractivity contribution >= 4 is 55.9 Å². The normalized spacial score (nSPS) is 9.64. The van der Waals surface area contributed by atoms with E-state index in [9.17, 15) is 60.7 Å². The minimum absolute atomic E-state index is 0.474. The predicted molar refractivity (Wildman–Crippen MR) is 113 cm³/mol. The molecule has 26 nitrogen and oxygen atoms in total. The third kappa shape index (κ3) is 9.61. The summed E-state index contributed by atoms with van der Waals surface area (Å²) in [6, 6.07) is 1.90. The average Bonchev–Trinajstić information content (AvgIpc) is 2.80. The van der Waals surface area contributed by atoms with Crippen molar-refractivity contribution in [1.82, 2.24) is 0 Å². The Bertz CT molecular complexity index is 1410. The molecule has 0 bridgehead atoms. The van der Waals surface area contributed by atoms with Gasteiger partial charge in [-0.3, -0.25) is 69.1 Å². The van der Waals surface area contributed by atoms with E-state index in [0.29, 0.717) is 24.3 Å². The molecular formula is C12H4N10O16S. The summed E-state index contributed by atoms with van der Waals surface area (Å²) in [5.74, 6) is 0. The molecule has 0 saturated carbocycles. The molecule has 27 heteroatoms. The molecule has 0 aliphatic carbocycles. The zero-order valence-corrected chi connectivity index (χ0v) is 18.5. The summed E-state index contributed by atoms with van der Waals surface area (Å²) in [5, 5.41) is 79.9. The number of diazo groups is 2. The minimum atomic E-state index is -5.17. The maximum atomic E-state index is 10.5. The molecule has 0 aromatic heterocycles. The van der Waals surface area contributed by atoms with Crippen molar-refractivity contribution in [3.05, 3.63) is 94.9 Å². The van der Waals surface area contributed by atoms with E-state index in [2.05, 4.69) is 9.95 Å². The molecule has 0 aliphatic rings. The van der Waals surface area contributed by atoms with Crippen LogP contribution >= 0.6 is 0 Å². The Kier molecular flexibility index (Phi) is 10.9. The molecule has 0 spiro atoms. The van der Waals surface area contributed by atoms with Crippen LogP contribution in [0.5, 0.6) is 0 Å². The molecule has 2 rings (SSSR count). The summed E-state index contributed by atoms with van der Waals surface area (Å²) in [7, 11) is -5.17. The number of rotatable bonds is 6. The van der Waals surface area contributed by atoms with Gasteiger partial charge < -0.3 is 9.11 Å². The van der Waals surface area contributed by atoms with E-state index in [-0.39, 0.29) is 0 Å². The van der Waals surface area contributed by atoms with Crippen molar-refractivity contribution in [2.45, 2.75) is 0 Å². The minimum Gasteiger partial charge on any atom is -0.759 e. The summed E-state index contributed by atoms with van der Waals surface area (Å²) >= 11 is 0. The van der Waals surface area contributed by atoms with Crippen molar-refractivity contribution in [2.75, 3.05) is 0 Å². The molecule has 2 aromatic rings. The van der Waals surface area contributed by atoms with Crippen molar-refractivity contribution < 1.29 is 47.1 Å². The Labute approximate surface area is 209 Å². The Balaban J connectivity index is 0.000000632. The van der Waals surface area contributed by atoms with Crippen LogP contribution in [0.4, 0.5) is 45.5 Å². The SMILES string of the molecule is N#[N+]c1c([N+](=O)[O-])cc([N+](=O)[O-])cc1[N+](=O)[O-].N#[N+]c1c([N+](=O)[O-])cc([N+](=O)[O-])cc1[N+](=O)[O-].O=S(=O)([O-])[O-]. The quantitative estimate of drug-likeness (QED) is 0.156. The highest BCUT2D eigenvalue weighted by atomic mass is 32.3. The van der Waals surface area contributed by atoms with Crippen LogP contribution in [-0.4, -0.2) is 47.1 Å². The summed E-state index contributed by atoms with van der Waals surface area (Å²) in [5.41, 5.74) is -7.63. The van der Waals surface area contributed by atoms with E-state index in [0.717, 1.165) is 0 Å². The maximum Gasteiger partial charge on any atom is 0.537 e. The van der Waals surface area contributed by atoms with Gasteiger partial charge in [0.2, 0.25) is 10.8 Å². The second-order valence-electron chi connectivity index (χ2n) is 5.82. The van der Waals surface area contributed by atoms with Gasteiger partial charge in [0, 0.05) is 10.4 Å². The zero-order chi connectivity index (χ0) is 30.8. The van der Waals surface area contributed by atoms with Gasteiger partial charge in [-0.15, -0.1) is 0 Å². The Morgan fingerprint density at radius 2 is 0.692 bits per heavy atom. The molecule has 0 amide bonds. The molecule has 39 heavy (non-hydrogen) atoms. The first-order chi connectivity index (χ1) is 17.8. The maximum absolute atomic E-state index is 10.5. The highest BCUT2D eigenvalue weighted by Crippen LogP contribution is 2.41. The third-order valence-electron chi connectivity index (χ3n) is 3.52. The second-order valence-corrected chi connectivity index (χ2v) is 6.63.